The number of hydrogen-bond donors (Lipinski definition) is 1. The van der Waals surface area contributed by atoms with Gasteiger partial charge in [-0.25, -0.2) is 18.1 Å². The third-order valence-electron chi connectivity index (χ3n) is 4.57. The minimum absolute atomic E-state index is 0.0289. The van der Waals surface area contributed by atoms with Gasteiger partial charge in [-0.1, -0.05) is 0 Å². The summed E-state index contributed by atoms with van der Waals surface area (Å²) in [5.41, 5.74) is -0.828. The van der Waals surface area contributed by atoms with Crippen molar-refractivity contribution in [1.29, 1.82) is 0 Å². The summed E-state index contributed by atoms with van der Waals surface area (Å²) < 4.78 is 76.2. The molecule has 1 aromatic carbocycles. The number of pyridine rings is 1. The molecule has 1 N–H and O–H groups in total. The first-order valence-corrected chi connectivity index (χ1v) is 10.1. The van der Waals surface area contributed by atoms with Gasteiger partial charge in [0.25, 0.3) is 0 Å². The van der Waals surface area contributed by atoms with E-state index < -0.39 is 27.8 Å². The van der Waals surface area contributed by atoms with Gasteiger partial charge in [0.1, 0.15) is 5.82 Å². The van der Waals surface area contributed by atoms with Gasteiger partial charge in [-0.15, -0.1) is 0 Å². The summed E-state index contributed by atoms with van der Waals surface area (Å²) in [6.45, 7) is 0.766. The van der Waals surface area contributed by atoms with Crippen LogP contribution in [0, 0.1) is 0 Å². The van der Waals surface area contributed by atoms with E-state index in [4.69, 9.17) is 9.47 Å². The number of sulfonamides is 1. The van der Waals surface area contributed by atoms with E-state index >= 15 is 0 Å². The number of rotatable bonds is 6. The van der Waals surface area contributed by atoms with Crippen molar-refractivity contribution < 1.29 is 31.1 Å². The fourth-order valence-electron chi connectivity index (χ4n) is 3.08. The molecule has 1 atom stereocenters. The van der Waals surface area contributed by atoms with Gasteiger partial charge in [0.2, 0.25) is 10.0 Å². The number of hydrogen-bond acceptors (Lipinski definition) is 6. The van der Waals surface area contributed by atoms with Crippen molar-refractivity contribution in [2.45, 2.75) is 23.5 Å². The fraction of sp³-hybridized carbons (Fsp3) is 0.389. The zero-order valence-corrected chi connectivity index (χ0v) is 16.5. The second kappa shape index (κ2) is 8.07. The van der Waals surface area contributed by atoms with Gasteiger partial charge in [0.05, 0.1) is 24.7 Å². The highest BCUT2D eigenvalue weighted by Crippen LogP contribution is 2.31. The molecule has 0 amide bonds. The molecule has 7 nitrogen and oxygen atoms in total. The van der Waals surface area contributed by atoms with E-state index in [1.807, 2.05) is 0 Å². The SMILES string of the molecule is COc1ccc(S(=O)(=O)NC2CCN(c3ccc(C(F)(F)F)cn3)C2)cc1OC. The standard InChI is InChI=1S/C18H20F3N3O4S/c1-27-15-5-4-14(9-16(15)28-2)29(25,26)23-13-7-8-24(11-13)17-6-3-12(10-22-17)18(19,20)21/h3-6,9-10,13,23H,7-8,11H2,1-2H3. The van der Waals surface area contributed by atoms with Gasteiger partial charge in [0.15, 0.2) is 11.5 Å². The maximum absolute atomic E-state index is 12.7. The molecule has 2 heterocycles. The van der Waals surface area contributed by atoms with E-state index in [0.717, 1.165) is 12.3 Å². The van der Waals surface area contributed by atoms with Crippen molar-refractivity contribution >= 4 is 15.8 Å². The molecule has 3 rings (SSSR count). The largest absolute Gasteiger partial charge is 0.493 e. The summed E-state index contributed by atoms with van der Waals surface area (Å²) in [7, 11) is -0.953. The van der Waals surface area contributed by atoms with Crippen molar-refractivity contribution in [3.05, 3.63) is 42.1 Å². The summed E-state index contributed by atoms with van der Waals surface area (Å²) >= 11 is 0. The molecule has 1 aliphatic rings. The van der Waals surface area contributed by atoms with Crippen molar-refractivity contribution in [3.8, 4) is 11.5 Å². The number of halogens is 3. The van der Waals surface area contributed by atoms with Gasteiger partial charge >= 0.3 is 6.18 Å². The Kier molecular flexibility index (Phi) is 5.90. The lowest BCUT2D eigenvalue weighted by atomic mass is 10.3. The molecule has 0 aliphatic carbocycles. The number of ether oxygens (including phenoxy) is 2. The van der Waals surface area contributed by atoms with Gasteiger partial charge in [0, 0.05) is 31.4 Å². The lowest BCUT2D eigenvalue weighted by Gasteiger charge is -2.19. The van der Waals surface area contributed by atoms with Crippen molar-refractivity contribution in [2.24, 2.45) is 0 Å². The van der Waals surface area contributed by atoms with Crippen LogP contribution in [0.1, 0.15) is 12.0 Å². The smallest absolute Gasteiger partial charge is 0.417 e. The Labute approximate surface area is 166 Å². The fourth-order valence-corrected chi connectivity index (χ4v) is 4.35. The van der Waals surface area contributed by atoms with Crippen LogP contribution in [0.25, 0.3) is 0 Å². The van der Waals surface area contributed by atoms with Crippen LogP contribution in [0.3, 0.4) is 0 Å². The van der Waals surface area contributed by atoms with E-state index in [2.05, 4.69) is 9.71 Å². The van der Waals surface area contributed by atoms with E-state index in [9.17, 15) is 21.6 Å². The zero-order chi connectivity index (χ0) is 21.2. The predicted octanol–water partition coefficient (Wildman–Crippen LogP) is 2.67. The van der Waals surface area contributed by atoms with Crippen molar-refractivity contribution in [1.82, 2.24) is 9.71 Å². The molecule has 1 fully saturated rings. The number of aromatic nitrogens is 1. The van der Waals surface area contributed by atoms with Crippen LogP contribution in [-0.4, -0.2) is 46.8 Å². The second-order valence-electron chi connectivity index (χ2n) is 6.47. The molecule has 2 aromatic rings. The van der Waals surface area contributed by atoms with Crippen molar-refractivity contribution in [2.75, 3.05) is 32.2 Å². The molecule has 1 unspecified atom stereocenters. The summed E-state index contributed by atoms with van der Waals surface area (Å²) in [5, 5.41) is 0. The zero-order valence-electron chi connectivity index (χ0n) is 15.7. The number of nitrogens with one attached hydrogen (secondary N) is 1. The van der Waals surface area contributed by atoms with Crippen LogP contribution in [-0.2, 0) is 16.2 Å². The highest BCUT2D eigenvalue weighted by molar-refractivity contribution is 7.89. The van der Waals surface area contributed by atoms with Gasteiger partial charge in [-0.3, -0.25) is 0 Å². The molecule has 1 aromatic heterocycles. The minimum atomic E-state index is -4.45. The molecule has 0 radical (unpaired) electrons. The summed E-state index contributed by atoms with van der Waals surface area (Å²) in [5.74, 6) is 1.06. The Balaban J connectivity index is 1.69. The van der Waals surface area contributed by atoms with Crippen LogP contribution < -0.4 is 19.1 Å². The topological polar surface area (TPSA) is 80.8 Å². The maximum atomic E-state index is 12.7. The normalized spacial score (nSPS) is 17.4. The Morgan fingerprint density at radius 3 is 2.45 bits per heavy atom. The van der Waals surface area contributed by atoms with Crippen LogP contribution in [0.5, 0.6) is 11.5 Å². The third-order valence-corrected chi connectivity index (χ3v) is 6.09. The van der Waals surface area contributed by atoms with E-state index in [1.165, 1.54) is 38.5 Å². The summed E-state index contributed by atoms with van der Waals surface area (Å²) in [6, 6.07) is 6.12. The predicted molar refractivity (Wildman–Crippen MR) is 99.7 cm³/mol. The van der Waals surface area contributed by atoms with Gasteiger partial charge < -0.3 is 14.4 Å². The average molecular weight is 431 g/mol. The van der Waals surface area contributed by atoms with E-state index in [0.29, 0.717) is 31.1 Å². The minimum Gasteiger partial charge on any atom is -0.493 e. The molecule has 11 heteroatoms. The summed E-state index contributed by atoms with van der Waals surface area (Å²) in [6.07, 6.45) is -3.18. The van der Waals surface area contributed by atoms with Crippen LogP contribution in [0.4, 0.5) is 19.0 Å². The van der Waals surface area contributed by atoms with E-state index in [-0.39, 0.29) is 10.6 Å². The average Bonchev–Trinajstić information content (AvgIpc) is 3.14. The lowest BCUT2D eigenvalue weighted by Crippen LogP contribution is -2.37. The maximum Gasteiger partial charge on any atom is 0.417 e. The highest BCUT2D eigenvalue weighted by atomic mass is 32.2. The molecule has 0 spiro atoms. The Morgan fingerprint density at radius 2 is 1.86 bits per heavy atom. The molecule has 0 bridgehead atoms. The molecule has 1 saturated heterocycles. The van der Waals surface area contributed by atoms with Gasteiger partial charge in [-0.05, 0) is 30.7 Å². The first-order valence-electron chi connectivity index (χ1n) is 8.66. The molecule has 0 saturated carbocycles. The quantitative estimate of drug-likeness (QED) is 0.758. The second-order valence-corrected chi connectivity index (χ2v) is 8.19. The van der Waals surface area contributed by atoms with Crippen molar-refractivity contribution in [3.63, 3.8) is 0 Å². The first-order chi connectivity index (χ1) is 13.6. The Morgan fingerprint density at radius 1 is 1.14 bits per heavy atom. The van der Waals surface area contributed by atoms with Crippen LogP contribution in [0.15, 0.2) is 41.4 Å². The molecule has 29 heavy (non-hydrogen) atoms. The lowest BCUT2D eigenvalue weighted by molar-refractivity contribution is -0.137. The number of methoxy groups -OCH3 is 2. The number of nitrogens with zero attached hydrogens (tertiary/aromatic N) is 2. The molecular weight excluding hydrogens is 411 g/mol. The Hall–Kier alpha value is -2.53. The van der Waals surface area contributed by atoms with Crippen LogP contribution >= 0.6 is 0 Å². The number of benzene rings is 1. The molecular formula is C18H20F3N3O4S. The highest BCUT2D eigenvalue weighted by Gasteiger charge is 2.32. The summed E-state index contributed by atoms with van der Waals surface area (Å²) in [4.78, 5) is 5.62. The third kappa shape index (κ3) is 4.73. The van der Waals surface area contributed by atoms with Crippen LogP contribution in [0.2, 0.25) is 0 Å². The van der Waals surface area contributed by atoms with E-state index in [1.54, 1.807) is 4.90 Å². The Bertz CT molecular complexity index is 965. The molecule has 158 valence electrons. The monoisotopic (exact) mass is 431 g/mol. The number of alkyl halides is 3. The number of anilines is 1. The molecule has 1 aliphatic heterocycles. The first kappa shape index (κ1) is 21.2. The van der Waals surface area contributed by atoms with Gasteiger partial charge in [-0.2, -0.15) is 13.2 Å².